The summed E-state index contributed by atoms with van der Waals surface area (Å²) in [5, 5.41) is 0. The number of amides is 1. The van der Waals surface area contributed by atoms with Crippen molar-refractivity contribution in [2.24, 2.45) is 0 Å². The van der Waals surface area contributed by atoms with Gasteiger partial charge < -0.3 is 9.80 Å². The van der Waals surface area contributed by atoms with Gasteiger partial charge in [-0.05, 0) is 50.1 Å². The van der Waals surface area contributed by atoms with Crippen LogP contribution >= 0.6 is 0 Å². The zero-order valence-corrected chi connectivity index (χ0v) is 16.7. The lowest BCUT2D eigenvalue weighted by atomic mass is 10.1. The predicted molar refractivity (Wildman–Crippen MR) is 108 cm³/mol. The molecule has 1 amide bonds. The fraction of sp³-hybridized carbons (Fsp3) is 0.400. The standard InChI is InChI=1S/C20H25N3O3S/c1-4-23(17-7-5-6-15(2)12-17)20(24)19-13-16(8-10-21-19)22(3)18-9-11-27(25,26)14-18/h5-8,10,12-13,18H,4,9,11,14H2,1-3H3. The molecule has 0 radical (unpaired) electrons. The molecule has 1 aliphatic rings. The molecule has 1 aromatic heterocycles. The number of nitrogens with zero attached hydrogens (tertiary/aromatic N) is 3. The number of carbonyl (C=O) groups excluding carboxylic acids is 1. The molecule has 1 saturated heterocycles. The number of benzene rings is 1. The maximum atomic E-state index is 13.0. The van der Waals surface area contributed by atoms with Gasteiger partial charge >= 0.3 is 0 Å². The van der Waals surface area contributed by atoms with Gasteiger partial charge in [-0.3, -0.25) is 9.78 Å². The number of hydrogen-bond acceptors (Lipinski definition) is 5. The third-order valence-electron chi connectivity index (χ3n) is 5.00. The molecule has 144 valence electrons. The number of pyridine rings is 1. The molecule has 2 aromatic rings. The minimum absolute atomic E-state index is 0.0700. The van der Waals surface area contributed by atoms with Crippen LogP contribution in [0.5, 0.6) is 0 Å². The van der Waals surface area contributed by atoms with Crippen molar-refractivity contribution in [1.29, 1.82) is 0 Å². The van der Waals surface area contributed by atoms with E-state index in [1.807, 2.05) is 56.1 Å². The van der Waals surface area contributed by atoms with Gasteiger partial charge in [0.1, 0.15) is 5.69 Å². The molecule has 1 aliphatic heterocycles. The lowest BCUT2D eigenvalue weighted by Gasteiger charge is -2.26. The minimum Gasteiger partial charge on any atom is -0.370 e. The monoisotopic (exact) mass is 387 g/mol. The van der Waals surface area contributed by atoms with Gasteiger partial charge in [0.25, 0.3) is 5.91 Å². The van der Waals surface area contributed by atoms with Gasteiger partial charge in [0.05, 0.1) is 11.5 Å². The number of rotatable bonds is 5. The van der Waals surface area contributed by atoms with Crippen LogP contribution in [0.1, 0.15) is 29.4 Å². The highest BCUT2D eigenvalue weighted by molar-refractivity contribution is 7.91. The van der Waals surface area contributed by atoms with E-state index >= 15 is 0 Å². The SMILES string of the molecule is CCN(C(=O)c1cc(N(C)C2CCS(=O)(=O)C2)ccn1)c1cccc(C)c1. The van der Waals surface area contributed by atoms with Gasteiger partial charge in [-0.25, -0.2) is 8.42 Å². The van der Waals surface area contributed by atoms with E-state index in [9.17, 15) is 13.2 Å². The predicted octanol–water partition coefficient (Wildman–Crippen LogP) is 2.68. The summed E-state index contributed by atoms with van der Waals surface area (Å²) in [6, 6.07) is 11.3. The molecule has 6 nitrogen and oxygen atoms in total. The summed E-state index contributed by atoms with van der Waals surface area (Å²) in [5.74, 6) is 0.201. The molecule has 0 saturated carbocycles. The Morgan fingerprint density at radius 1 is 1.22 bits per heavy atom. The molecule has 3 rings (SSSR count). The molecule has 1 fully saturated rings. The highest BCUT2D eigenvalue weighted by Crippen LogP contribution is 2.24. The Morgan fingerprint density at radius 3 is 2.63 bits per heavy atom. The van der Waals surface area contributed by atoms with Crippen molar-refractivity contribution >= 4 is 27.1 Å². The van der Waals surface area contributed by atoms with Crippen molar-refractivity contribution < 1.29 is 13.2 Å². The van der Waals surface area contributed by atoms with Crippen LogP contribution < -0.4 is 9.80 Å². The third-order valence-corrected chi connectivity index (χ3v) is 6.75. The number of anilines is 2. The lowest BCUT2D eigenvalue weighted by Crippen LogP contribution is -2.34. The average Bonchev–Trinajstić information content (AvgIpc) is 3.01. The van der Waals surface area contributed by atoms with Gasteiger partial charge in [0.15, 0.2) is 9.84 Å². The summed E-state index contributed by atoms with van der Waals surface area (Å²) in [6.45, 7) is 4.45. The van der Waals surface area contributed by atoms with Crippen molar-refractivity contribution in [3.63, 3.8) is 0 Å². The summed E-state index contributed by atoms with van der Waals surface area (Å²) >= 11 is 0. The van der Waals surface area contributed by atoms with Crippen molar-refractivity contribution in [2.45, 2.75) is 26.3 Å². The van der Waals surface area contributed by atoms with E-state index in [0.29, 0.717) is 18.7 Å². The lowest BCUT2D eigenvalue weighted by molar-refractivity contribution is 0.0983. The van der Waals surface area contributed by atoms with Crippen LogP contribution in [0, 0.1) is 6.92 Å². The normalized spacial score (nSPS) is 18.3. The van der Waals surface area contributed by atoms with E-state index in [1.54, 1.807) is 17.2 Å². The fourth-order valence-corrected chi connectivity index (χ4v) is 5.20. The Labute approximate surface area is 160 Å². The maximum absolute atomic E-state index is 13.0. The van der Waals surface area contributed by atoms with Crippen LogP contribution in [0.3, 0.4) is 0 Å². The van der Waals surface area contributed by atoms with Crippen molar-refractivity contribution in [3.8, 4) is 0 Å². The molecule has 1 aromatic carbocycles. The molecule has 7 heteroatoms. The smallest absolute Gasteiger partial charge is 0.276 e. The van der Waals surface area contributed by atoms with Crippen molar-refractivity contribution in [1.82, 2.24) is 4.98 Å². The second-order valence-corrected chi connectivity index (χ2v) is 9.18. The van der Waals surface area contributed by atoms with Crippen LogP contribution in [0.2, 0.25) is 0 Å². The average molecular weight is 388 g/mol. The number of aromatic nitrogens is 1. The van der Waals surface area contributed by atoms with Gasteiger partial charge in [-0.15, -0.1) is 0 Å². The second-order valence-electron chi connectivity index (χ2n) is 6.96. The summed E-state index contributed by atoms with van der Waals surface area (Å²) in [5.41, 5.74) is 3.08. The van der Waals surface area contributed by atoms with Crippen LogP contribution in [0.4, 0.5) is 11.4 Å². The van der Waals surface area contributed by atoms with Crippen molar-refractivity contribution in [3.05, 3.63) is 53.9 Å². The topological polar surface area (TPSA) is 70.6 Å². The van der Waals surface area contributed by atoms with Crippen LogP contribution in [-0.4, -0.2) is 50.4 Å². The summed E-state index contributed by atoms with van der Waals surface area (Å²) in [7, 11) is -1.10. The zero-order valence-electron chi connectivity index (χ0n) is 15.9. The Hall–Kier alpha value is -2.41. The van der Waals surface area contributed by atoms with Gasteiger partial charge in [0.2, 0.25) is 0 Å². The van der Waals surface area contributed by atoms with E-state index in [1.165, 1.54) is 0 Å². The first kappa shape index (κ1) is 19.4. The molecule has 1 atom stereocenters. The molecule has 1 unspecified atom stereocenters. The van der Waals surface area contributed by atoms with Crippen LogP contribution in [-0.2, 0) is 9.84 Å². The Bertz CT molecular complexity index is 943. The maximum Gasteiger partial charge on any atom is 0.276 e. The van der Waals surface area contributed by atoms with E-state index in [-0.39, 0.29) is 23.5 Å². The Morgan fingerprint density at radius 2 is 2.00 bits per heavy atom. The van der Waals surface area contributed by atoms with E-state index in [2.05, 4.69) is 4.98 Å². The quantitative estimate of drug-likeness (QED) is 0.789. The molecule has 27 heavy (non-hydrogen) atoms. The Balaban J connectivity index is 1.85. The molecule has 0 N–H and O–H groups in total. The molecule has 0 spiro atoms. The highest BCUT2D eigenvalue weighted by atomic mass is 32.2. The van der Waals surface area contributed by atoms with Gasteiger partial charge in [-0.2, -0.15) is 0 Å². The minimum atomic E-state index is -2.96. The first-order valence-corrected chi connectivity index (χ1v) is 10.9. The first-order chi connectivity index (χ1) is 12.8. The number of hydrogen-bond donors (Lipinski definition) is 0. The molecular weight excluding hydrogens is 362 g/mol. The van der Waals surface area contributed by atoms with Gasteiger partial charge in [0, 0.05) is 37.2 Å². The van der Waals surface area contributed by atoms with E-state index in [0.717, 1.165) is 16.9 Å². The molecule has 0 bridgehead atoms. The molecular formula is C20H25N3O3S. The number of carbonyl (C=O) groups is 1. The largest absolute Gasteiger partial charge is 0.370 e. The fourth-order valence-electron chi connectivity index (χ4n) is 3.42. The summed E-state index contributed by atoms with van der Waals surface area (Å²) in [6.07, 6.45) is 2.21. The van der Waals surface area contributed by atoms with Gasteiger partial charge in [-0.1, -0.05) is 12.1 Å². The van der Waals surface area contributed by atoms with E-state index in [4.69, 9.17) is 0 Å². The van der Waals surface area contributed by atoms with Crippen molar-refractivity contribution in [2.75, 3.05) is 34.9 Å². The van der Waals surface area contributed by atoms with Crippen LogP contribution in [0.15, 0.2) is 42.6 Å². The highest BCUT2D eigenvalue weighted by Gasteiger charge is 2.31. The van der Waals surface area contributed by atoms with Crippen LogP contribution in [0.25, 0.3) is 0 Å². The second kappa shape index (κ2) is 7.68. The number of aryl methyl sites for hydroxylation is 1. The third kappa shape index (κ3) is 4.30. The summed E-state index contributed by atoms with van der Waals surface area (Å²) < 4.78 is 23.5. The van der Waals surface area contributed by atoms with E-state index < -0.39 is 9.84 Å². The number of sulfone groups is 1. The zero-order chi connectivity index (χ0) is 19.6. The summed E-state index contributed by atoms with van der Waals surface area (Å²) in [4.78, 5) is 20.9. The molecule has 2 heterocycles. The molecule has 0 aliphatic carbocycles. The first-order valence-electron chi connectivity index (χ1n) is 9.08. The Kier molecular flexibility index (Phi) is 5.51.